The molecule has 1 amide bonds. The molecule has 0 atom stereocenters. The molecule has 5 rings (SSSR count). The summed E-state index contributed by atoms with van der Waals surface area (Å²) in [6, 6.07) is 11.4. The fourth-order valence-electron chi connectivity index (χ4n) is 4.18. The second-order valence-electron chi connectivity index (χ2n) is 8.64. The number of benzene rings is 2. The number of carbonyl (C=O) groups is 1. The lowest BCUT2D eigenvalue weighted by atomic mass is 10.2. The number of rotatable bonds is 10. The molecule has 36 heavy (non-hydrogen) atoms. The van der Waals surface area contributed by atoms with E-state index in [1.807, 2.05) is 18.2 Å². The van der Waals surface area contributed by atoms with Gasteiger partial charge >= 0.3 is 0 Å². The van der Waals surface area contributed by atoms with Crippen LogP contribution in [0.25, 0.3) is 10.9 Å². The number of nitrogens with zero attached hydrogens (tertiary/aromatic N) is 6. The summed E-state index contributed by atoms with van der Waals surface area (Å²) in [5.41, 5.74) is 1.12. The van der Waals surface area contributed by atoms with Gasteiger partial charge in [-0.3, -0.25) is 4.79 Å². The summed E-state index contributed by atoms with van der Waals surface area (Å²) in [4.78, 5) is 23.4. The van der Waals surface area contributed by atoms with Crippen LogP contribution in [0.3, 0.4) is 0 Å². The van der Waals surface area contributed by atoms with Crippen molar-refractivity contribution in [3.8, 4) is 5.75 Å². The van der Waals surface area contributed by atoms with E-state index in [2.05, 4.69) is 35.8 Å². The van der Waals surface area contributed by atoms with Gasteiger partial charge in [-0.05, 0) is 62.7 Å². The van der Waals surface area contributed by atoms with Crippen LogP contribution in [0.1, 0.15) is 19.3 Å². The van der Waals surface area contributed by atoms with E-state index in [0.717, 1.165) is 29.6 Å². The number of carbonyl (C=O) groups excluding carboxylic acids is 1. The van der Waals surface area contributed by atoms with Crippen LogP contribution in [0.15, 0.2) is 55.0 Å². The first-order chi connectivity index (χ1) is 17.6. The average Bonchev–Trinajstić information content (AvgIpc) is 3.54. The monoisotopic (exact) mass is 490 g/mol. The van der Waals surface area contributed by atoms with Crippen LogP contribution in [0, 0.1) is 5.82 Å². The SMILES string of the molecule is O=C(Cn1cc(Nc2ncnc3cc(OCCCN4CCCC4)ccc23)nn1)Nc1cccc(F)c1. The molecule has 0 aliphatic carbocycles. The highest BCUT2D eigenvalue weighted by atomic mass is 19.1. The van der Waals surface area contributed by atoms with Crippen molar-refractivity contribution in [2.75, 3.05) is 36.9 Å². The topological polar surface area (TPSA) is 110 Å². The van der Waals surface area contributed by atoms with Crippen molar-refractivity contribution in [3.63, 3.8) is 0 Å². The van der Waals surface area contributed by atoms with Crippen LogP contribution in [-0.4, -0.2) is 62.0 Å². The summed E-state index contributed by atoms with van der Waals surface area (Å²) < 4.78 is 20.6. The molecule has 2 aromatic heterocycles. The molecule has 0 spiro atoms. The summed E-state index contributed by atoms with van der Waals surface area (Å²) >= 11 is 0. The van der Waals surface area contributed by atoms with Gasteiger partial charge in [0.1, 0.15) is 30.3 Å². The molecule has 1 aliphatic rings. The van der Waals surface area contributed by atoms with Crippen molar-refractivity contribution in [1.82, 2.24) is 29.9 Å². The summed E-state index contributed by atoms with van der Waals surface area (Å²) in [5, 5.41) is 14.6. The molecular formula is C25H27FN8O2. The zero-order valence-corrected chi connectivity index (χ0v) is 19.7. The van der Waals surface area contributed by atoms with Crippen LogP contribution >= 0.6 is 0 Å². The van der Waals surface area contributed by atoms with E-state index in [1.54, 1.807) is 12.3 Å². The Morgan fingerprint density at radius 2 is 2.00 bits per heavy atom. The second kappa shape index (κ2) is 11.1. The van der Waals surface area contributed by atoms with Crippen LogP contribution < -0.4 is 15.4 Å². The molecule has 0 bridgehead atoms. The highest BCUT2D eigenvalue weighted by Crippen LogP contribution is 2.25. The third kappa shape index (κ3) is 6.11. The van der Waals surface area contributed by atoms with E-state index < -0.39 is 5.82 Å². The molecular weight excluding hydrogens is 463 g/mol. The maximum atomic E-state index is 13.3. The minimum Gasteiger partial charge on any atom is -0.493 e. The Bertz CT molecular complexity index is 1340. The Morgan fingerprint density at radius 1 is 1.11 bits per heavy atom. The lowest BCUT2D eigenvalue weighted by Crippen LogP contribution is -2.21. The fourth-order valence-corrected chi connectivity index (χ4v) is 4.18. The van der Waals surface area contributed by atoms with Crippen LogP contribution in [-0.2, 0) is 11.3 Å². The highest BCUT2D eigenvalue weighted by molar-refractivity contribution is 5.91. The summed E-state index contributed by atoms with van der Waals surface area (Å²) in [6.45, 7) is 4.04. The summed E-state index contributed by atoms with van der Waals surface area (Å²) in [5.74, 6) is 0.988. The number of ether oxygens (including phenoxy) is 1. The molecule has 2 aromatic carbocycles. The Labute approximate surface area is 207 Å². The molecule has 11 heteroatoms. The van der Waals surface area contributed by atoms with Gasteiger partial charge in [-0.15, -0.1) is 5.10 Å². The molecule has 2 N–H and O–H groups in total. The zero-order valence-electron chi connectivity index (χ0n) is 19.7. The molecule has 3 heterocycles. The number of aromatic nitrogens is 5. The van der Waals surface area contributed by atoms with E-state index in [1.165, 1.54) is 55.1 Å². The summed E-state index contributed by atoms with van der Waals surface area (Å²) in [6.07, 6.45) is 6.65. The Morgan fingerprint density at radius 3 is 2.86 bits per heavy atom. The third-order valence-corrected chi connectivity index (χ3v) is 5.89. The van der Waals surface area contributed by atoms with E-state index in [0.29, 0.717) is 23.9 Å². The zero-order chi connectivity index (χ0) is 24.7. The number of hydrogen-bond acceptors (Lipinski definition) is 8. The number of nitrogens with one attached hydrogen (secondary N) is 2. The minimum absolute atomic E-state index is 0.0752. The van der Waals surface area contributed by atoms with Crippen molar-refractivity contribution in [2.45, 2.75) is 25.8 Å². The van der Waals surface area contributed by atoms with Crippen LogP contribution in [0.2, 0.25) is 0 Å². The van der Waals surface area contributed by atoms with Crippen LogP contribution in [0.5, 0.6) is 5.75 Å². The molecule has 0 unspecified atom stereocenters. The molecule has 1 saturated heterocycles. The van der Waals surface area contributed by atoms with Gasteiger partial charge in [0, 0.05) is 23.7 Å². The lowest BCUT2D eigenvalue weighted by Gasteiger charge is -2.14. The first kappa shape index (κ1) is 23.6. The highest BCUT2D eigenvalue weighted by Gasteiger charge is 2.12. The molecule has 0 radical (unpaired) electrons. The van der Waals surface area contributed by atoms with E-state index in [9.17, 15) is 9.18 Å². The normalized spacial score (nSPS) is 13.7. The number of halogens is 1. The predicted octanol–water partition coefficient (Wildman–Crippen LogP) is 3.61. The van der Waals surface area contributed by atoms with E-state index >= 15 is 0 Å². The average molecular weight is 491 g/mol. The van der Waals surface area contributed by atoms with Crippen molar-refractivity contribution in [2.24, 2.45) is 0 Å². The Kier molecular flexibility index (Phi) is 7.27. The largest absolute Gasteiger partial charge is 0.493 e. The smallest absolute Gasteiger partial charge is 0.246 e. The van der Waals surface area contributed by atoms with Gasteiger partial charge in [0.25, 0.3) is 0 Å². The minimum atomic E-state index is -0.423. The Hall–Kier alpha value is -4.12. The number of anilines is 3. The van der Waals surface area contributed by atoms with Gasteiger partial charge in [-0.25, -0.2) is 19.0 Å². The van der Waals surface area contributed by atoms with Gasteiger partial charge in [0.2, 0.25) is 5.91 Å². The molecule has 10 nitrogen and oxygen atoms in total. The maximum absolute atomic E-state index is 13.3. The van der Waals surface area contributed by atoms with Gasteiger partial charge in [-0.1, -0.05) is 11.3 Å². The molecule has 1 fully saturated rings. The van der Waals surface area contributed by atoms with Crippen molar-refractivity contribution < 1.29 is 13.9 Å². The maximum Gasteiger partial charge on any atom is 0.246 e. The van der Waals surface area contributed by atoms with Gasteiger partial charge in [-0.2, -0.15) is 0 Å². The van der Waals surface area contributed by atoms with Crippen molar-refractivity contribution in [1.29, 1.82) is 0 Å². The Balaban J connectivity index is 1.17. The standard InChI is InChI=1S/C25H27FN8O2/c26-18-5-3-6-19(13-18)29-24(35)16-34-15-23(31-32-34)30-25-21-8-7-20(14-22(21)27-17-28-25)36-12-4-11-33-9-1-2-10-33/h3,5-8,13-15,17H,1-2,4,9-12,16H2,(H,29,35)(H,27,28,30). The molecule has 4 aromatic rings. The first-order valence-corrected chi connectivity index (χ1v) is 11.9. The van der Waals surface area contributed by atoms with Gasteiger partial charge < -0.3 is 20.3 Å². The van der Waals surface area contributed by atoms with Crippen molar-refractivity contribution >= 4 is 34.1 Å². The molecule has 1 aliphatic heterocycles. The predicted molar refractivity (Wildman–Crippen MR) is 134 cm³/mol. The van der Waals surface area contributed by atoms with E-state index in [-0.39, 0.29) is 12.5 Å². The van der Waals surface area contributed by atoms with Crippen molar-refractivity contribution in [3.05, 3.63) is 60.8 Å². The number of likely N-dealkylation sites (tertiary alicyclic amines) is 1. The number of amides is 1. The quantitative estimate of drug-likeness (QED) is 0.325. The number of hydrogen-bond donors (Lipinski definition) is 2. The molecule has 0 saturated carbocycles. The van der Waals surface area contributed by atoms with Gasteiger partial charge in [0.05, 0.1) is 18.3 Å². The second-order valence-corrected chi connectivity index (χ2v) is 8.64. The lowest BCUT2D eigenvalue weighted by molar-refractivity contribution is -0.116. The number of fused-ring (bicyclic) bond motifs is 1. The van der Waals surface area contributed by atoms with Crippen LogP contribution in [0.4, 0.5) is 21.7 Å². The fraction of sp³-hybridized carbons (Fsp3) is 0.320. The van der Waals surface area contributed by atoms with E-state index in [4.69, 9.17) is 4.74 Å². The first-order valence-electron chi connectivity index (χ1n) is 11.9. The third-order valence-electron chi connectivity index (χ3n) is 5.89. The van der Waals surface area contributed by atoms with Gasteiger partial charge in [0.15, 0.2) is 5.82 Å². The molecule has 186 valence electrons. The summed E-state index contributed by atoms with van der Waals surface area (Å²) in [7, 11) is 0.